The topological polar surface area (TPSA) is 87.4 Å². The minimum Gasteiger partial charge on any atom is -0.382 e. The van der Waals surface area contributed by atoms with Crippen molar-refractivity contribution in [2.75, 3.05) is 11.5 Å². The first-order valence-electron chi connectivity index (χ1n) is 6.83. The van der Waals surface area contributed by atoms with E-state index < -0.39 is 18.1 Å². The van der Waals surface area contributed by atoms with Crippen LogP contribution in [-0.4, -0.2) is 34.7 Å². The van der Waals surface area contributed by atoms with Gasteiger partial charge in [-0.2, -0.15) is 11.8 Å². The zero-order chi connectivity index (χ0) is 15.7. The summed E-state index contributed by atoms with van der Waals surface area (Å²) in [6.45, 7) is 2.37. The number of carbonyl (C=O) groups is 1. The molecule has 0 fully saturated rings. The molecule has 5 N–H and O–H groups in total. The fourth-order valence-electron chi connectivity index (χ4n) is 1.63. The number of carbonyl (C=O) groups excluding carboxylic acids is 1. The molecule has 7 heteroatoms. The molecular weight excluding hydrogens is 293 g/mol. The lowest BCUT2D eigenvalue weighted by Gasteiger charge is -2.18. The van der Waals surface area contributed by atoms with Crippen LogP contribution >= 0.6 is 11.8 Å². The summed E-state index contributed by atoms with van der Waals surface area (Å²) in [5.41, 5.74) is 11.7. The Morgan fingerprint density at radius 2 is 2.10 bits per heavy atom. The van der Waals surface area contributed by atoms with Crippen molar-refractivity contribution in [2.24, 2.45) is 5.73 Å². The summed E-state index contributed by atoms with van der Waals surface area (Å²) in [5, 5.41) is 9.78. The standard InChI is InChI=1S/C14H22FN3O2S/c1-2-21-8-7-12(16)13(19)14(20)18-17-9-10-3-5-11(15)6-4-10/h3-6,12-13,17,19H,2,7-9,16H2,1H3,(H,18,20). The third-order valence-corrected chi connectivity index (χ3v) is 3.82. The predicted molar refractivity (Wildman–Crippen MR) is 83.0 cm³/mol. The molecule has 1 aromatic carbocycles. The smallest absolute Gasteiger partial charge is 0.264 e. The number of aliphatic hydroxyl groups is 1. The van der Waals surface area contributed by atoms with Crippen LogP contribution in [0.25, 0.3) is 0 Å². The molecule has 0 spiro atoms. The Kier molecular flexibility index (Phi) is 8.29. The van der Waals surface area contributed by atoms with E-state index in [2.05, 4.69) is 10.9 Å². The highest BCUT2D eigenvalue weighted by molar-refractivity contribution is 7.99. The van der Waals surface area contributed by atoms with Crippen LogP contribution in [0.4, 0.5) is 4.39 Å². The molecule has 2 unspecified atom stereocenters. The molecule has 0 saturated heterocycles. The maximum absolute atomic E-state index is 12.7. The second-order valence-electron chi connectivity index (χ2n) is 4.56. The van der Waals surface area contributed by atoms with E-state index in [1.807, 2.05) is 6.92 Å². The van der Waals surface area contributed by atoms with E-state index in [0.29, 0.717) is 13.0 Å². The third-order valence-electron chi connectivity index (χ3n) is 2.89. The highest BCUT2D eigenvalue weighted by atomic mass is 32.2. The second kappa shape index (κ2) is 9.73. The third kappa shape index (κ3) is 6.90. The van der Waals surface area contributed by atoms with Gasteiger partial charge >= 0.3 is 0 Å². The molecule has 0 heterocycles. The van der Waals surface area contributed by atoms with E-state index in [0.717, 1.165) is 17.1 Å². The van der Waals surface area contributed by atoms with Crippen LogP contribution in [0.3, 0.4) is 0 Å². The van der Waals surface area contributed by atoms with Crippen LogP contribution in [0.1, 0.15) is 18.9 Å². The molecule has 1 aromatic rings. The minimum atomic E-state index is -1.25. The maximum Gasteiger partial charge on any atom is 0.264 e. The van der Waals surface area contributed by atoms with Gasteiger partial charge in [-0.25, -0.2) is 9.82 Å². The number of rotatable bonds is 9. The van der Waals surface area contributed by atoms with E-state index in [-0.39, 0.29) is 5.82 Å². The molecule has 0 saturated carbocycles. The second-order valence-corrected chi connectivity index (χ2v) is 5.96. The van der Waals surface area contributed by atoms with Crippen molar-refractivity contribution in [3.8, 4) is 0 Å². The molecule has 0 bridgehead atoms. The van der Waals surface area contributed by atoms with Gasteiger partial charge in [-0.3, -0.25) is 10.2 Å². The highest BCUT2D eigenvalue weighted by Crippen LogP contribution is 2.05. The molecule has 0 radical (unpaired) electrons. The Morgan fingerprint density at radius 1 is 1.43 bits per heavy atom. The van der Waals surface area contributed by atoms with Gasteiger partial charge in [0.1, 0.15) is 11.9 Å². The van der Waals surface area contributed by atoms with Gasteiger partial charge in [0.25, 0.3) is 5.91 Å². The molecular formula is C14H22FN3O2S. The van der Waals surface area contributed by atoms with Crippen LogP contribution in [0, 0.1) is 5.82 Å². The monoisotopic (exact) mass is 315 g/mol. The van der Waals surface area contributed by atoms with Crippen LogP contribution in [-0.2, 0) is 11.3 Å². The molecule has 0 aliphatic carbocycles. The average Bonchev–Trinajstić information content (AvgIpc) is 2.48. The molecule has 1 rings (SSSR count). The highest BCUT2D eigenvalue weighted by Gasteiger charge is 2.22. The lowest BCUT2D eigenvalue weighted by atomic mass is 10.1. The number of amides is 1. The summed E-state index contributed by atoms with van der Waals surface area (Å²) >= 11 is 1.71. The number of thioether (sulfide) groups is 1. The van der Waals surface area contributed by atoms with Gasteiger partial charge in [-0.1, -0.05) is 19.1 Å². The van der Waals surface area contributed by atoms with Crippen LogP contribution < -0.4 is 16.6 Å². The van der Waals surface area contributed by atoms with Gasteiger partial charge in [-0.05, 0) is 35.6 Å². The van der Waals surface area contributed by atoms with E-state index in [1.165, 1.54) is 12.1 Å². The van der Waals surface area contributed by atoms with E-state index >= 15 is 0 Å². The first kappa shape index (κ1) is 17.9. The molecule has 5 nitrogen and oxygen atoms in total. The molecule has 0 aliphatic rings. The summed E-state index contributed by atoms with van der Waals surface area (Å²) in [7, 11) is 0. The van der Waals surface area contributed by atoms with E-state index in [9.17, 15) is 14.3 Å². The Bertz CT molecular complexity index is 431. The normalized spacial score (nSPS) is 13.7. The molecule has 21 heavy (non-hydrogen) atoms. The molecule has 0 aliphatic heterocycles. The number of hydrazine groups is 1. The quantitative estimate of drug-likeness (QED) is 0.399. The summed E-state index contributed by atoms with van der Waals surface area (Å²) in [6.07, 6.45) is -0.673. The molecule has 2 atom stereocenters. The van der Waals surface area contributed by atoms with Crippen molar-refractivity contribution in [2.45, 2.75) is 32.0 Å². The molecule has 118 valence electrons. The van der Waals surface area contributed by atoms with Gasteiger partial charge in [0.2, 0.25) is 0 Å². The summed E-state index contributed by atoms with van der Waals surface area (Å²) in [5.74, 6) is 0.916. The Morgan fingerprint density at radius 3 is 2.71 bits per heavy atom. The van der Waals surface area contributed by atoms with E-state index in [1.54, 1.807) is 23.9 Å². The van der Waals surface area contributed by atoms with Gasteiger partial charge in [0.05, 0.1) is 0 Å². The van der Waals surface area contributed by atoms with E-state index in [4.69, 9.17) is 5.73 Å². The van der Waals surface area contributed by atoms with Gasteiger partial charge < -0.3 is 10.8 Å². The van der Waals surface area contributed by atoms with Crippen LogP contribution in [0.2, 0.25) is 0 Å². The van der Waals surface area contributed by atoms with Crippen LogP contribution in [0.5, 0.6) is 0 Å². The van der Waals surface area contributed by atoms with Crippen molar-refractivity contribution in [3.05, 3.63) is 35.6 Å². The first-order valence-corrected chi connectivity index (χ1v) is 7.98. The first-order chi connectivity index (χ1) is 10.0. The predicted octanol–water partition coefficient (Wildman–Crippen LogP) is 0.778. The Labute approximate surface area is 128 Å². The Hall–Kier alpha value is -1.15. The van der Waals surface area contributed by atoms with Gasteiger partial charge in [-0.15, -0.1) is 0 Å². The fraction of sp³-hybridized carbons (Fsp3) is 0.500. The molecule has 0 aromatic heterocycles. The SMILES string of the molecule is CCSCCC(N)C(O)C(=O)NNCc1ccc(F)cc1. The lowest BCUT2D eigenvalue weighted by Crippen LogP contribution is -2.50. The number of nitrogens with one attached hydrogen (secondary N) is 2. The fourth-order valence-corrected chi connectivity index (χ4v) is 2.35. The number of hydrogen-bond acceptors (Lipinski definition) is 5. The zero-order valence-electron chi connectivity index (χ0n) is 12.0. The summed E-state index contributed by atoms with van der Waals surface area (Å²) < 4.78 is 12.7. The van der Waals surface area contributed by atoms with Crippen molar-refractivity contribution in [1.82, 2.24) is 10.9 Å². The molecule has 1 amide bonds. The number of aliphatic hydroxyl groups excluding tert-OH is 1. The van der Waals surface area contributed by atoms with Crippen molar-refractivity contribution in [3.63, 3.8) is 0 Å². The van der Waals surface area contributed by atoms with Crippen molar-refractivity contribution in [1.29, 1.82) is 0 Å². The lowest BCUT2D eigenvalue weighted by molar-refractivity contribution is -0.131. The maximum atomic E-state index is 12.7. The Balaban J connectivity index is 2.27. The summed E-state index contributed by atoms with van der Waals surface area (Å²) in [6, 6.07) is 5.32. The number of benzene rings is 1. The number of nitrogens with two attached hydrogens (primary N) is 1. The van der Waals surface area contributed by atoms with Crippen molar-refractivity contribution >= 4 is 17.7 Å². The van der Waals surface area contributed by atoms with Crippen LogP contribution in [0.15, 0.2) is 24.3 Å². The van der Waals surface area contributed by atoms with Gasteiger partial charge in [0.15, 0.2) is 0 Å². The number of halogens is 1. The van der Waals surface area contributed by atoms with Gasteiger partial charge in [0, 0.05) is 12.6 Å². The largest absolute Gasteiger partial charge is 0.382 e. The van der Waals surface area contributed by atoms with Crippen molar-refractivity contribution < 1.29 is 14.3 Å². The average molecular weight is 315 g/mol. The number of hydrogen-bond donors (Lipinski definition) is 4. The minimum absolute atomic E-state index is 0.311. The summed E-state index contributed by atoms with van der Waals surface area (Å²) in [4.78, 5) is 11.7. The zero-order valence-corrected chi connectivity index (χ0v) is 12.8.